The Labute approximate surface area is 128 Å². The van der Waals surface area contributed by atoms with E-state index in [9.17, 15) is 4.79 Å². The van der Waals surface area contributed by atoms with E-state index in [2.05, 4.69) is 34.5 Å². The number of aromatic nitrogens is 4. The summed E-state index contributed by atoms with van der Waals surface area (Å²) < 4.78 is 1.96. The summed E-state index contributed by atoms with van der Waals surface area (Å²) >= 11 is 0. The second kappa shape index (κ2) is 6.01. The van der Waals surface area contributed by atoms with Gasteiger partial charge in [0.1, 0.15) is 0 Å². The third kappa shape index (κ3) is 3.16. The van der Waals surface area contributed by atoms with Crippen LogP contribution in [0.15, 0.2) is 41.6 Å². The van der Waals surface area contributed by atoms with E-state index in [4.69, 9.17) is 0 Å². The second-order valence-corrected chi connectivity index (χ2v) is 5.82. The molecule has 22 heavy (non-hydrogen) atoms. The van der Waals surface area contributed by atoms with Crippen molar-refractivity contribution in [2.24, 2.45) is 5.92 Å². The first-order chi connectivity index (χ1) is 10.6. The molecule has 2 N–H and O–H groups in total. The Morgan fingerprint density at radius 1 is 1.32 bits per heavy atom. The van der Waals surface area contributed by atoms with Gasteiger partial charge in [-0.15, -0.1) is 0 Å². The second-order valence-electron chi connectivity index (χ2n) is 5.82. The predicted molar refractivity (Wildman–Crippen MR) is 86.8 cm³/mol. The van der Waals surface area contributed by atoms with Crippen LogP contribution in [0.2, 0.25) is 0 Å². The highest BCUT2D eigenvalue weighted by Crippen LogP contribution is 2.16. The van der Waals surface area contributed by atoms with Crippen molar-refractivity contribution >= 4 is 16.5 Å². The Morgan fingerprint density at radius 2 is 2.18 bits per heavy atom. The van der Waals surface area contributed by atoms with Crippen molar-refractivity contribution in [3.63, 3.8) is 0 Å². The van der Waals surface area contributed by atoms with Gasteiger partial charge in [0.05, 0.1) is 17.8 Å². The number of anilines is 1. The maximum atomic E-state index is 11.8. The molecule has 0 saturated heterocycles. The minimum absolute atomic E-state index is 0.175. The first-order valence-electron chi connectivity index (χ1n) is 7.34. The van der Waals surface area contributed by atoms with Crippen LogP contribution in [0.4, 0.5) is 5.69 Å². The van der Waals surface area contributed by atoms with Crippen LogP contribution >= 0.6 is 0 Å². The van der Waals surface area contributed by atoms with Crippen molar-refractivity contribution in [3.05, 3.63) is 52.7 Å². The van der Waals surface area contributed by atoms with Gasteiger partial charge in [0, 0.05) is 35.9 Å². The lowest BCUT2D eigenvalue weighted by molar-refractivity contribution is 0.483. The number of hydrogen-bond acceptors (Lipinski definition) is 4. The van der Waals surface area contributed by atoms with Crippen LogP contribution in [-0.2, 0) is 13.1 Å². The SMILES string of the molecule is CC(C)Cn1cc(CNc2ccc3cn[nH]c(=O)c3c2)cn1. The number of benzene rings is 1. The number of nitrogens with zero attached hydrogens (tertiary/aromatic N) is 3. The summed E-state index contributed by atoms with van der Waals surface area (Å²) in [5.41, 5.74) is 1.84. The number of aromatic amines is 1. The van der Waals surface area contributed by atoms with Crippen LogP contribution < -0.4 is 10.9 Å². The van der Waals surface area contributed by atoms with E-state index in [1.807, 2.05) is 35.3 Å². The van der Waals surface area contributed by atoms with Crippen LogP contribution in [0.25, 0.3) is 10.8 Å². The van der Waals surface area contributed by atoms with Crippen molar-refractivity contribution in [1.82, 2.24) is 20.0 Å². The zero-order valence-electron chi connectivity index (χ0n) is 12.7. The molecular weight excluding hydrogens is 278 g/mol. The minimum atomic E-state index is -0.175. The minimum Gasteiger partial charge on any atom is -0.381 e. The lowest BCUT2D eigenvalue weighted by atomic mass is 10.2. The molecule has 0 amide bonds. The van der Waals surface area contributed by atoms with E-state index >= 15 is 0 Å². The fourth-order valence-corrected chi connectivity index (χ4v) is 2.37. The summed E-state index contributed by atoms with van der Waals surface area (Å²) in [4.78, 5) is 11.8. The zero-order chi connectivity index (χ0) is 15.5. The molecular formula is C16H19N5O. The normalized spacial score (nSPS) is 11.2. The van der Waals surface area contributed by atoms with Gasteiger partial charge in [-0.25, -0.2) is 5.10 Å². The van der Waals surface area contributed by atoms with Gasteiger partial charge in [0.15, 0.2) is 0 Å². The van der Waals surface area contributed by atoms with E-state index in [0.29, 0.717) is 17.8 Å². The number of hydrogen-bond donors (Lipinski definition) is 2. The molecule has 2 aromatic heterocycles. The average Bonchev–Trinajstić information content (AvgIpc) is 2.92. The fraction of sp³-hybridized carbons (Fsp3) is 0.312. The molecule has 114 valence electrons. The predicted octanol–water partition coefficient (Wildman–Crippen LogP) is 2.39. The van der Waals surface area contributed by atoms with E-state index < -0.39 is 0 Å². The van der Waals surface area contributed by atoms with Crippen molar-refractivity contribution in [2.45, 2.75) is 26.9 Å². The number of rotatable bonds is 5. The van der Waals surface area contributed by atoms with Gasteiger partial charge in [-0.1, -0.05) is 19.9 Å². The number of fused-ring (bicyclic) bond motifs is 1. The lowest BCUT2D eigenvalue weighted by Gasteiger charge is -2.06. The highest BCUT2D eigenvalue weighted by atomic mass is 16.1. The van der Waals surface area contributed by atoms with Gasteiger partial charge in [0.2, 0.25) is 0 Å². The monoisotopic (exact) mass is 297 g/mol. The van der Waals surface area contributed by atoms with Crippen LogP contribution in [0, 0.1) is 5.92 Å². The summed E-state index contributed by atoms with van der Waals surface area (Å²) in [5.74, 6) is 0.571. The molecule has 0 aliphatic carbocycles. The van der Waals surface area contributed by atoms with Crippen molar-refractivity contribution < 1.29 is 0 Å². The Balaban J connectivity index is 1.72. The van der Waals surface area contributed by atoms with Crippen molar-refractivity contribution in [1.29, 1.82) is 0 Å². The van der Waals surface area contributed by atoms with Gasteiger partial charge >= 0.3 is 0 Å². The van der Waals surface area contributed by atoms with E-state index in [1.165, 1.54) is 0 Å². The highest BCUT2D eigenvalue weighted by molar-refractivity contribution is 5.83. The van der Waals surface area contributed by atoms with E-state index in [0.717, 1.165) is 23.2 Å². The third-order valence-corrected chi connectivity index (χ3v) is 3.40. The summed E-state index contributed by atoms with van der Waals surface area (Å²) in [5, 5.41) is 15.4. The zero-order valence-corrected chi connectivity index (χ0v) is 12.7. The number of nitrogens with one attached hydrogen (secondary N) is 2. The molecule has 0 fully saturated rings. The van der Waals surface area contributed by atoms with E-state index in [1.54, 1.807) is 6.20 Å². The van der Waals surface area contributed by atoms with Gasteiger partial charge in [-0.05, 0) is 18.1 Å². The molecule has 2 heterocycles. The lowest BCUT2D eigenvalue weighted by Crippen LogP contribution is -2.08. The molecule has 1 aromatic carbocycles. The third-order valence-electron chi connectivity index (χ3n) is 3.40. The molecule has 3 rings (SSSR count). The van der Waals surface area contributed by atoms with Crippen LogP contribution in [0.1, 0.15) is 19.4 Å². The van der Waals surface area contributed by atoms with Crippen LogP contribution in [0.5, 0.6) is 0 Å². The largest absolute Gasteiger partial charge is 0.381 e. The Bertz CT molecular complexity index is 834. The van der Waals surface area contributed by atoms with Gasteiger partial charge < -0.3 is 5.32 Å². The van der Waals surface area contributed by atoms with E-state index in [-0.39, 0.29) is 5.56 Å². The molecule has 6 heteroatoms. The summed E-state index contributed by atoms with van der Waals surface area (Å²) in [6, 6.07) is 5.68. The molecule has 0 atom stereocenters. The number of H-pyrrole nitrogens is 1. The Kier molecular flexibility index (Phi) is 3.91. The summed E-state index contributed by atoms with van der Waals surface area (Å²) in [6.45, 7) is 5.92. The van der Waals surface area contributed by atoms with Crippen LogP contribution in [-0.4, -0.2) is 20.0 Å². The molecule has 0 spiro atoms. The van der Waals surface area contributed by atoms with Gasteiger partial charge in [-0.3, -0.25) is 9.48 Å². The van der Waals surface area contributed by atoms with Crippen LogP contribution in [0.3, 0.4) is 0 Å². The standard InChI is InChI=1S/C16H19N5O/c1-11(2)9-21-10-12(7-19-21)6-17-14-4-3-13-8-18-20-16(22)15(13)5-14/h3-5,7-8,10-11,17H,6,9H2,1-2H3,(H,20,22). The maximum Gasteiger partial charge on any atom is 0.272 e. The molecule has 3 aromatic rings. The Hall–Kier alpha value is -2.63. The van der Waals surface area contributed by atoms with Crippen molar-refractivity contribution in [3.8, 4) is 0 Å². The molecule has 0 aliphatic heterocycles. The van der Waals surface area contributed by atoms with Gasteiger partial charge in [0.25, 0.3) is 5.56 Å². The quantitative estimate of drug-likeness (QED) is 0.758. The van der Waals surface area contributed by atoms with Crippen molar-refractivity contribution in [2.75, 3.05) is 5.32 Å². The summed E-state index contributed by atoms with van der Waals surface area (Å²) in [7, 11) is 0. The fourth-order valence-electron chi connectivity index (χ4n) is 2.37. The highest BCUT2D eigenvalue weighted by Gasteiger charge is 2.03. The first-order valence-corrected chi connectivity index (χ1v) is 7.34. The first kappa shape index (κ1) is 14.3. The topological polar surface area (TPSA) is 75.6 Å². The molecule has 0 bridgehead atoms. The Morgan fingerprint density at radius 3 is 3.00 bits per heavy atom. The molecule has 0 unspecified atom stereocenters. The molecule has 6 nitrogen and oxygen atoms in total. The molecule has 0 radical (unpaired) electrons. The average molecular weight is 297 g/mol. The summed E-state index contributed by atoms with van der Waals surface area (Å²) in [6.07, 6.45) is 5.56. The maximum absolute atomic E-state index is 11.8. The van der Waals surface area contributed by atoms with Gasteiger partial charge in [-0.2, -0.15) is 10.2 Å². The smallest absolute Gasteiger partial charge is 0.272 e. The molecule has 0 aliphatic rings. The molecule has 0 saturated carbocycles.